The average Bonchev–Trinajstić information content (AvgIpc) is 2.75. The second kappa shape index (κ2) is 4.62. The molecule has 1 aromatic rings. The zero-order valence-electron chi connectivity index (χ0n) is 8.84. The van der Waals surface area contributed by atoms with Crippen molar-refractivity contribution in [2.75, 3.05) is 19.6 Å². The van der Waals surface area contributed by atoms with Gasteiger partial charge in [0, 0.05) is 25.7 Å². The molecule has 1 aliphatic rings. The maximum absolute atomic E-state index is 12.2. The zero-order chi connectivity index (χ0) is 11.8. The molecule has 1 saturated heterocycles. The molecule has 0 unspecified atom stereocenters. The molecule has 1 aromatic heterocycles. The maximum atomic E-state index is 12.2. The van der Waals surface area contributed by atoms with Gasteiger partial charge in [-0.25, -0.2) is 12.8 Å². The van der Waals surface area contributed by atoms with Crippen LogP contribution in [-0.2, 0) is 10.0 Å². The van der Waals surface area contributed by atoms with Crippen LogP contribution in [0, 0.1) is 0 Å². The predicted molar refractivity (Wildman–Crippen MR) is 65.1 cm³/mol. The van der Waals surface area contributed by atoms with E-state index in [1.807, 2.05) is 6.92 Å². The van der Waals surface area contributed by atoms with Crippen molar-refractivity contribution in [2.45, 2.75) is 17.2 Å². The van der Waals surface area contributed by atoms with Crippen LogP contribution >= 0.6 is 23.1 Å². The molecular formula is C9H13ClN2O2S2. The largest absolute Gasteiger partial charge is 0.252 e. The highest BCUT2D eigenvalue weighted by molar-refractivity contribution is 7.91. The van der Waals surface area contributed by atoms with E-state index in [9.17, 15) is 8.42 Å². The smallest absolute Gasteiger partial charge is 0.215 e. The summed E-state index contributed by atoms with van der Waals surface area (Å²) in [6, 6.07) is 3.43. The number of thiophene rings is 1. The molecule has 1 fully saturated rings. The summed E-state index contributed by atoms with van der Waals surface area (Å²) in [5.74, 6) is 0. The SMILES string of the molecule is C[C@H]1CN(S(=O)(=O)c2cccs2)CCN1Cl. The quantitative estimate of drug-likeness (QED) is 0.773. The minimum absolute atomic E-state index is 0.0464. The van der Waals surface area contributed by atoms with Crippen LogP contribution in [0.2, 0.25) is 0 Å². The fraction of sp³-hybridized carbons (Fsp3) is 0.556. The van der Waals surface area contributed by atoms with Gasteiger partial charge in [-0.2, -0.15) is 4.31 Å². The number of piperazine rings is 1. The highest BCUT2D eigenvalue weighted by Crippen LogP contribution is 2.23. The Labute approximate surface area is 105 Å². The van der Waals surface area contributed by atoms with Gasteiger partial charge >= 0.3 is 0 Å². The molecule has 2 rings (SSSR count). The molecule has 0 aromatic carbocycles. The van der Waals surface area contributed by atoms with Crippen molar-refractivity contribution in [1.29, 1.82) is 0 Å². The van der Waals surface area contributed by atoms with Crippen LogP contribution in [0.15, 0.2) is 21.7 Å². The van der Waals surface area contributed by atoms with Gasteiger partial charge in [0.25, 0.3) is 10.0 Å². The van der Waals surface area contributed by atoms with Crippen LogP contribution in [0.5, 0.6) is 0 Å². The molecule has 7 heteroatoms. The third-order valence-corrected chi connectivity index (χ3v) is 6.34. The number of nitrogens with zero attached hydrogens (tertiary/aromatic N) is 2. The number of hydrogen-bond acceptors (Lipinski definition) is 4. The normalized spacial score (nSPS) is 24.8. The number of sulfonamides is 1. The van der Waals surface area contributed by atoms with Crippen molar-refractivity contribution in [2.24, 2.45) is 0 Å². The lowest BCUT2D eigenvalue weighted by Gasteiger charge is -2.34. The molecular weight excluding hydrogens is 268 g/mol. The first-order chi connectivity index (χ1) is 7.51. The molecule has 16 heavy (non-hydrogen) atoms. The molecule has 1 atom stereocenters. The van der Waals surface area contributed by atoms with Crippen LogP contribution in [0.4, 0.5) is 0 Å². The van der Waals surface area contributed by atoms with Gasteiger partial charge in [0.2, 0.25) is 0 Å². The first kappa shape index (κ1) is 12.3. The summed E-state index contributed by atoms with van der Waals surface area (Å²) in [6.45, 7) is 3.38. The summed E-state index contributed by atoms with van der Waals surface area (Å²) in [5.41, 5.74) is 0. The Hall–Kier alpha value is -0.140. The lowest BCUT2D eigenvalue weighted by atomic mass is 10.3. The summed E-state index contributed by atoms with van der Waals surface area (Å²) >= 11 is 7.17. The lowest BCUT2D eigenvalue weighted by Crippen LogP contribution is -2.49. The summed E-state index contributed by atoms with van der Waals surface area (Å²) in [5, 5.41) is 1.77. The average molecular weight is 281 g/mol. The van der Waals surface area contributed by atoms with Crippen molar-refractivity contribution in [3.63, 3.8) is 0 Å². The minimum atomic E-state index is -3.31. The van der Waals surface area contributed by atoms with E-state index >= 15 is 0 Å². The Bertz CT molecular complexity index is 446. The third-order valence-electron chi connectivity index (χ3n) is 2.60. The predicted octanol–water partition coefficient (Wildman–Crippen LogP) is 1.60. The van der Waals surface area contributed by atoms with E-state index in [2.05, 4.69) is 0 Å². The minimum Gasteiger partial charge on any atom is -0.215 e. The Morgan fingerprint density at radius 3 is 2.81 bits per heavy atom. The molecule has 0 aliphatic carbocycles. The van der Waals surface area contributed by atoms with Gasteiger partial charge in [-0.3, -0.25) is 0 Å². The van der Waals surface area contributed by atoms with Crippen LogP contribution in [-0.4, -0.2) is 42.8 Å². The van der Waals surface area contributed by atoms with E-state index in [0.717, 1.165) is 0 Å². The number of rotatable bonds is 2. The van der Waals surface area contributed by atoms with Gasteiger partial charge in [-0.15, -0.1) is 11.3 Å². The van der Waals surface area contributed by atoms with Crippen molar-refractivity contribution >= 4 is 33.1 Å². The fourth-order valence-corrected chi connectivity index (χ4v) is 4.45. The molecule has 0 amide bonds. The Morgan fingerprint density at radius 1 is 1.50 bits per heavy atom. The van der Waals surface area contributed by atoms with Crippen LogP contribution in [0.25, 0.3) is 0 Å². The number of halogens is 1. The fourth-order valence-electron chi connectivity index (χ4n) is 1.66. The van der Waals surface area contributed by atoms with Crippen molar-refractivity contribution in [3.8, 4) is 0 Å². The molecule has 0 N–H and O–H groups in total. The zero-order valence-corrected chi connectivity index (χ0v) is 11.2. The highest BCUT2D eigenvalue weighted by Gasteiger charge is 2.32. The molecule has 0 bridgehead atoms. The van der Waals surface area contributed by atoms with E-state index in [0.29, 0.717) is 23.8 Å². The molecule has 0 saturated carbocycles. The van der Waals surface area contributed by atoms with Crippen molar-refractivity contribution in [3.05, 3.63) is 17.5 Å². The summed E-state index contributed by atoms with van der Waals surface area (Å²) in [6.07, 6.45) is 0. The topological polar surface area (TPSA) is 40.6 Å². The Kier molecular flexibility index (Phi) is 3.56. The Balaban J connectivity index is 2.20. The molecule has 1 aliphatic heterocycles. The maximum Gasteiger partial charge on any atom is 0.252 e. The summed E-state index contributed by atoms with van der Waals surface area (Å²) in [7, 11) is -3.31. The second-order valence-electron chi connectivity index (χ2n) is 3.77. The van der Waals surface area contributed by atoms with E-state index in [4.69, 9.17) is 11.8 Å². The van der Waals surface area contributed by atoms with Gasteiger partial charge in [0.15, 0.2) is 0 Å². The van der Waals surface area contributed by atoms with Gasteiger partial charge in [-0.1, -0.05) is 6.07 Å². The lowest BCUT2D eigenvalue weighted by molar-refractivity contribution is 0.220. The standard InChI is InChI=1S/C9H13ClN2O2S2/c1-8-7-11(4-5-12(8)10)16(13,14)9-3-2-6-15-9/h2-3,6,8H,4-5,7H2,1H3/t8-/m0/s1. The summed E-state index contributed by atoms with van der Waals surface area (Å²) < 4.78 is 27.9. The van der Waals surface area contributed by atoms with E-state index < -0.39 is 10.0 Å². The van der Waals surface area contributed by atoms with Crippen molar-refractivity contribution in [1.82, 2.24) is 8.72 Å². The first-order valence-electron chi connectivity index (χ1n) is 4.98. The second-order valence-corrected chi connectivity index (χ2v) is 7.31. The monoisotopic (exact) mass is 280 g/mol. The van der Waals surface area contributed by atoms with Crippen LogP contribution < -0.4 is 0 Å². The summed E-state index contributed by atoms with van der Waals surface area (Å²) in [4.78, 5) is 0. The van der Waals surface area contributed by atoms with Gasteiger partial charge < -0.3 is 0 Å². The van der Waals surface area contributed by atoms with E-state index in [1.165, 1.54) is 15.6 Å². The van der Waals surface area contributed by atoms with Gasteiger partial charge in [-0.05, 0) is 30.1 Å². The van der Waals surface area contributed by atoms with E-state index in [-0.39, 0.29) is 6.04 Å². The van der Waals surface area contributed by atoms with Crippen molar-refractivity contribution < 1.29 is 8.42 Å². The Morgan fingerprint density at radius 2 is 2.25 bits per heavy atom. The number of hydrogen-bond donors (Lipinski definition) is 0. The van der Waals surface area contributed by atoms with Gasteiger partial charge in [0.05, 0.1) is 0 Å². The molecule has 0 spiro atoms. The molecule has 0 radical (unpaired) electrons. The first-order valence-corrected chi connectivity index (χ1v) is 7.63. The van der Waals surface area contributed by atoms with E-state index in [1.54, 1.807) is 21.9 Å². The van der Waals surface area contributed by atoms with Crippen LogP contribution in [0.3, 0.4) is 0 Å². The molecule has 90 valence electrons. The van der Waals surface area contributed by atoms with Crippen LogP contribution in [0.1, 0.15) is 6.92 Å². The highest BCUT2D eigenvalue weighted by atomic mass is 35.5. The third kappa shape index (κ3) is 2.26. The van der Waals surface area contributed by atoms with Gasteiger partial charge in [0.1, 0.15) is 4.21 Å². The molecule has 2 heterocycles. The molecule has 4 nitrogen and oxygen atoms in total.